The molecule has 0 aromatic heterocycles. The van der Waals surface area contributed by atoms with Crippen molar-refractivity contribution in [3.63, 3.8) is 0 Å². The predicted octanol–water partition coefficient (Wildman–Crippen LogP) is 2.69. The van der Waals surface area contributed by atoms with E-state index in [9.17, 15) is 29.1 Å². The minimum absolute atomic E-state index is 0.1000. The molecule has 6 rings (SSSR count). The molecule has 274 valence electrons. The first-order valence-electron chi connectivity index (χ1n) is 18.4. The third-order valence-corrected chi connectivity index (χ3v) is 11.1. The predicted molar refractivity (Wildman–Crippen MR) is 191 cm³/mol. The van der Waals surface area contributed by atoms with E-state index < -0.39 is 52.8 Å². The van der Waals surface area contributed by atoms with E-state index in [0.29, 0.717) is 30.5 Å². The summed E-state index contributed by atoms with van der Waals surface area (Å²) in [7, 11) is 0. The highest BCUT2D eigenvalue weighted by atomic mass is 16.3. The average molecular weight is 702 g/mol. The minimum Gasteiger partial charge on any atom is -0.384 e. The highest BCUT2D eigenvalue weighted by Gasteiger charge is 2.50. The number of carbonyl (C=O) groups excluding carboxylic acids is 5. The van der Waals surface area contributed by atoms with Crippen LogP contribution in [0.3, 0.4) is 0 Å². The van der Waals surface area contributed by atoms with Gasteiger partial charge in [0.2, 0.25) is 17.6 Å². The zero-order chi connectivity index (χ0) is 36.3. The van der Waals surface area contributed by atoms with Gasteiger partial charge < -0.3 is 31.8 Å². The molecule has 0 bridgehead atoms. The maximum atomic E-state index is 14.8. The number of carbonyl (C=O) groups is 5. The molecule has 3 fully saturated rings. The van der Waals surface area contributed by atoms with Gasteiger partial charge in [0.15, 0.2) is 0 Å². The van der Waals surface area contributed by atoms with Gasteiger partial charge in [0.1, 0.15) is 23.2 Å². The van der Waals surface area contributed by atoms with Gasteiger partial charge in [-0.2, -0.15) is 0 Å². The fourth-order valence-electron chi connectivity index (χ4n) is 8.42. The van der Waals surface area contributed by atoms with Gasteiger partial charge in [-0.15, -0.1) is 5.53 Å². The number of nitrogens with one attached hydrogen (secondary N) is 4. The number of hydrazine groups is 2. The van der Waals surface area contributed by atoms with Crippen LogP contribution in [-0.2, 0) is 19.2 Å². The summed E-state index contributed by atoms with van der Waals surface area (Å²) in [6.45, 7) is 3.39. The summed E-state index contributed by atoms with van der Waals surface area (Å²) in [6.07, 6.45) is 10.1. The summed E-state index contributed by atoms with van der Waals surface area (Å²) in [4.78, 5) is 69.9. The van der Waals surface area contributed by atoms with Crippen LogP contribution < -0.4 is 27.3 Å². The van der Waals surface area contributed by atoms with E-state index in [-0.39, 0.29) is 37.6 Å². The van der Waals surface area contributed by atoms with Crippen LogP contribution in [0.4, 0.5) is 0 Å². The first-order chi connectivity index (χ1) is 24.4. The SMILES string of the molecule is CC(C)(O)C1=CNNN1[C@H]1C[C@@H](C(=O)NC2(C(=O)C(N)=O)CCCCC2)N(C(=O)[C@@H](CC2CCCCC2)NC(=O)c2ccc3ccccc3c2)C1. The topological polar surface area (TPSA) is 186 Å². The Morgan fingerprint density at radius 3 is 2.35 bits per heavy atom. The number of benzene rings is 2. The van der Waals surface area contributed by atoms with E-state index in [0.717, 1.165) is 49.3 Å². The van der Waals surface area contributed by atoms with Crippen LogP contribution in [0.1, 0.15) is 101 Å². The zero-order valence-electron chi connectivity index (χ0n) is 29.6. The molecule has 13 nitrogen and oxygen atoms in total. The summed E-state index contributed by atoms with van der Waals surface area (Å²) in [5.74, 6) is -3.04. The van der Waals surface area contributed by atoms with Gasteiger partial charge in [0.25, 0.3) is 11.8 Å². The molecule has 51 heavy (non-hydrogen) atoms. The van der Waals surface area contributed by atoms with E-state index in [1.807, 2.05) is 36.4 Å². The Balaban J connectivity index is 1.31. The Kier molecular flexibility index (Phi) is 10.7. The number of aliphatic hydroxyl groups is 1. The van der Waals surface area contributed by atoms with Crippen LogP contribution in [0.25, 0.3) is 10.8 Å². The van der Waals surface area contributed by atoms with Gasteiger partial charge in [-0.25, -0.2) is 0 Å². The molecule has 4 aliphatic rings. The van der Waals surface area contributed by atoms with E-state index >= 15 is 0 Å². The number of primary amides is 1. The third kappa shape index (κ3) is 7.89. The molecule has 4 amide bonds. The number of nitrogens with two attached hydrogens (primary N) is 1. The number of hydrogen-bond donors (Lipinski definition) is 6. The lowest BCUT2D eigenvalue weighted by atomic mass is 9.78. The Morgan fingerprint density at radius 1 is 0.980 bits per heavy atom. The minimum atomic E-state index is -1.44. The molecular formula is C38H51N7O6. The summed E-state index contributed by atoms with van der Waals surface area (Å²) >= 11 is 0. The number of Topliss-reactive ketones (excluding diaryl/α,β-unsaturated/α-hetero) is 1. The number of hydrogen-bond acceptors (Lipinski definition) is 9. The van der Waals surface area contributed by atoms with Crippen LogP contribution >= 0.6 is 0 Å². The van der Waals surface area contributed by atoms with Crippen molar-refractivity contribution in [3.05, 3.63) is 59.9 Å². The standard InChI is InChI=1S/C38H51N7O6/c1-37(2,51)31-22-40-43-45(31)28-21-30(35(49)42-38(32(46)33(39)47)17-9-4-10-18-38)44(23-28)36(50)29(19-24-11-5-3-6-12-24)41-34(48)27-16-15-25-13-7-8-14-26(25)20-27/h7-8,13-16,20,22,24,28-30,40,43,51H,3-6,9-12,17-19,21,23H2,1-2H3,(H2,39,47)(H,41,48)(H,42,49)/t28-,29+,30-/m0/s1. The molecule has 2 aliphatic carbocycles. The van der Waals surface area contributed by atoms with Gasteiger partial charge in [0.05, 0.1) is 11.7 Å². The molecule has 0 radical (unpaired) electrons. The molecule has 2 aromatic rings. The maximum Gasteiger partial charge on any atom is 0.287 e. The van der Waals surface area contributed by atoms with Gasteiger partial charge in [0, 0.05) is 24.7 Å². The number of fused-ring (bicyclic) bond motifs is 1. The Morgan fingerprint density at radius 2 is 1.67 bits per heavy atom. The fourth-order valence-corrected chi connectivity index (χ4v) is 8.42. The van der Waals surface area contributed by atoms with E-state index in [2.05, 4.69) is 21.6 Å². The summed E-state index contributed by atoms with van der Waals surface area (Å²) in [5.41, 5.74) is 9.70. The van der Waals surface area contributed by atoms with Crippen molar-refractivity contribution in [2.75, 3.05) is 6.54 Å². The quantitative estimate of drug-likeness (QED) is 0.192. The van der Waals surface area contributed by atoms with Gasteiger partial charge in [-0.3, -0.25) is 29.0 Å². The number of amides is 4. The van der Waals surface area contributed by atoms with Crippen molar-refractivity contribution >= 4 is 40.2 Å². The second-order valence-electron chi connectivity index (χ2n) is 15.3. The molecule has 7 N–H and O–H groups in total. The van der Waals surface area contributed by atoms with Crippen molar-refractivity contribution in [1.82, 2.24) is 31.5 Å². The van der Waals surface area contributed by atoms with Crippen molar-refractivity contribution < 1.29 is 29.1 Å². The second-order valence-corrected chi connectivity index (χ2v) is 15.3. The van der Waals surface area contributed by atoms with Crippen LogP contribution in [0.15, 0.2) is 54.4 Å². The highest BCUT2D eigenvalue weighted by molar-refractivity contribution is 6.39. The number of likely N-dealkylation sites (tertiary alicyclic amines) is 1. The molecule has 0 spiro atoms. The molecule has 1 saturated heterocycles. The summed E-state index contributed by atoms with van der Waals surface area (Å²) < 4.78 is 0. The first kappa shape index (κ1) is 36.3. The van der Waals surface area contributed by atoms with Crippen molar-refractivity contribution in [2.45, 2.75) is 120 Å². The zero-order valence-corrected chi connectivity index (χ0v) is 29.6. The monoisotopic (exact) mass is 701 g/mol. The lowest BCUT2D eigenvalue weighted by molar-refractivity contribution is -0.145. The lowest BCUT2D eigenvalue weighted by Crippen LogP contribution is -2.62. The Bertz CT molecular complexity index is 1690. The molecule has 2 aliphatic heterocycles. The maximum absolute atomic E-state index is 14.8. The van der Waals surface area contributed by atoms with Crippen molar-refractivity contribution in [3.8, 4) is 0 Å². The highest BCUT2D eigenvalue weighted by Crippen LogP contribution is 2.34. The van der Waals surface area contributed by atoms with Gasteiger partial charge in [-0.1, -0.05) is 81.7 Å². The smallest absolute Gasteiger partial charge is 0.287 e. The molecule has 2 aromatic carbocycles. The molecule has 3 atom stereocenters. The summed E-state index contributed by atoms with van der Waals surface area (Å²) in [6, 6.07) is 10.8. The first-order valence-corrected chi connectivity index (χ1v) is 18.4. The molecular weight excluding hydrogens is 650 g/mol. The molecule has 13 heteroatoms. The summed E-state index contributed by atoms with van der Waals surface area (Å²) in [5, 5.41) is 20.5. The van der Waals surface area contributed by atoms with Crippen LogP contribution in [0.5, 0.6) is 0 Å². The van der Waals surface area contributed by atoms with Crippen molar-refractivity contribution in [2.24, 2.45) is 11.7 Å². The molecule has 2 saturated carbocycles. The van der Waals surface area contributed by atoms with Crippen LogP contribution in [-0.4, -0.2) is 80.2 Å². The lowest BCUT2D eigenvalue weighted by Gasteiger charge is -2.38. The molecule has 2 heterocycles. The molecule has 0 unspecified atom stereocenters. The largest absolute Gasteiger partial charge is 0.384 e. The number of ketones is 1. The number of rotatable bonds is 11. The van der Waals surface area contributed by atoms with Gasteiger partial charge >= 0.3 is 0 Å². The van der Waals surface area contributed by atoms with E-state index in [4.69, 9.17) is 5.73 Å². The Hall–Kier alpha value is -4.49. The number of nitrogens with zero attached hydrogens (tertiary/aromatic N) is 2. The van der Waals surface area contributed by atoms with E-state index in [1.54, 1.807) is 31.1 Å². The fraction of sp³-hybridized carbons (Fsp3) is 0.553. The van der Waals surface area contributed by atoms with Crippen molar-refractivity contribution in [1.29, 1.82) is 0 Å². The Labute approximate surface area is 298 Å². The second kappa shape index (κ2) is 15.0. The van der Waals surface area contributed by atoms with Crippen LogP contribution in [0.2, 0.25) is 0 Å². The van der Waals surface area contributed by atoms with Gasteiger partial charge in [-0.05, 0) is 61.9 Å². The van der Waals surface area contributed by atoms with Crippen LogP contribution in [0, 0.1) is 5.92 Å². The van der Waals surface area contributed by atoms with E-state index in [1.165, 1.54) is 4.90 Å². The average Bonchev–Trinajstić information content (AvgIpc) is 3.80. The third-order valence-electron chi connectivity index (χ3n) is 11.1. The normalized spacial score (nSPS) is 22.9.